The van der Waals surface area contributed by atoms with E-state index in [0.717, 1.165) is 22.7 Å². The lowest BCUT2D eigenvalue weighted by Crippen LogP contribution is -2.31. The third-order valence-electron chi connectivity index (χ3n) is 4.49. The highest BCUT2D eigenvalue weighted by atomic mass is 16.6. The number of carbonyl (C=O) groups is 1. The summed E-state index contributed by atoms with van der Waals surface area (Å²) in [6.45, 7) is -0.671. The van der Waals surface area contributed by atoms with Crippen LogP contribution in [0, 0.1) is 0 Å². The number of aliphatic hydroxyl groups excluding tert-OH is 4. The van der Waals surface area contributed by atoms with E-state index in [9.17, 15) is 4.79 Å². The molecule has 1 unspecified atom stereocenters. The van der Waals surface area contributed by atoms with E-state index in [0.29, 0.717) is 0 Å². The molecule has 8 nitrogen and oxygen atoms in total. The quantitative estimate of drug-likeness (QED) is 0.322. The number of nitrogens with one attached hydrogen (secondary N) is 2. The summed E-state index contributed by atoms with van der Waals surface area (Å²) in [4.78, 5) is 10.5. The van der Waals surface area contributed by atoms with Crippen LogP contribution in [0.15, 0.2) is 96.4 Å². The Morgan fingerprint density at radius 2 is 1.16 bits per heavy atom. The van der Waals surface area contributed by atoms with Crippen LogP contribution in [0.2, 0.25) is 0 Å². The fraction of sp³-hybridized carbons (Fsp3) is 0.125. The number of benzene rings is 3. The van der Waals surface area contributed by atoms with Gasteiger partial charge in [-0.1, -0.05) is 36.4 Å². The van der Waals surface area contributed by atoms with Crippen molar-refractivity contribution in [1.82, 2.24) is 0 Å². The van der Waals surface area contributed by atoms with E-state index < -0.39 is 36.3 Å². The Bertz CT molecular complexity index is 979. The average Bonchev–Trinajstić information content (AvgIpc) is 3.09. The first kappa shape index (κ1) is 22.7. The van der Waals surface area contributed by atoms with Crippen LogP contribution < -0.4 is 10.6 Å². The Kier molecular flexibility index (Phi) is 7.69. The van der Waals surface area contributed by atoms with Crippen LogP contribution in [0.3, 0.4) is 0 Å². The predicted molar refractivity (Wildman–Crippen MR) is 121 cm³/mol. The molecule has 0 saturated heterocycles. The Morgan fingerprint density at radius 3 is 1.50 bits per heavy atom. The zero-order valence-corrected chi connectivity index (χ0v) is 17.1. The lowest BCUT2D eigenvalue weighted by atomic mass is 10.2. The molecule has 1 heterocycles. The Balaban J connectivity index is 0.000000207. The van der Waals surface area contributed by atoms with Crippen LogP contribution in [0.1, 0.15) is 0 Å². The smallest absolute Gasteiger partial charge is 0.377 e. The van der Waals surface area contributed by atoms with Gasteiger partial charge in [0.2, 0.25) is 5.76 Å². The van der Waals surface area contributed by atoms with Crippen molar-refractivity contribution >= 4 is 28.7 Å². The van der Waals surface area contributed by atoms with E-state index in [1.807, 2.05) is 36.4 Å². The van der Waals surface area contributed by atoms with Crippen molar-refractivity contribution in [2.75, 3.05) is 17.2 Å². The van der Waals surface area contributed by atoms with E-state index >= 15 is 0 Å². The first-order valence-electron chi connectivity index (χ1n) is 9.84. The van der Waals surface area contributed by atoms with E-state index in [1.165, 1.54) is 0 Å². The van der Waals surface area contributed by atoms with Crippen molar-refractivity contribution in [3.63, 3.8) is 0 Å². The molecule has 6 N–H and O–H groups in total. The summed E-state index contributed by atoms with van der Waals surface area (Å²) in [7, 11) is 0. The van der Waals surface area contributed by atoms with E-state index in [2.05, 4.69) is 63.9 Å². The largest absolute Gasteiger partial charge is 0.505 e. The SMILES string of the molecule is O=C1O[C@H](C(O)CO)C(O)=C1O.c1ccc(Nc2ccc(Nc3ccccc3)cc2)cc1. The molecule has 32 heavy (non-hydrogen) atoms. The second-order valence-electron chi connectivity index (χ2n) is 6.87. The molecule has 0 aliphatic carbocycles. The number of hydrogen-bond donors (Lipinski definition) is 6. The fourth-order valence-corrected chi connectivity index (χ4v) is 2.84. The number of esters is 1. The van der Waals surface area contributed by atoms with E-state index in [1.54, 1.807) is 0 Å². The minimum atomic E-state index is -1.42. The molecule has 0 radical (unpaired) electrons. The van der Waals surface area contributed by atoms with Crippen molar-refractivity contribution in [3.05, 3.63) is 96.4 Å². The third kappa shape index (κ3) is 6.00. The molecule has 8 heteroatoms. The van der Waals surface area contributed by atoms with Crippen molar-refractivity contribution in [3.8, 4) is 0 Å². The van der Waals surface area contributed by atoms with Crippen LogP contribution >= 0.6 is 0 Å². The fourth-order valence-electron chi connectivity index (χ4n) is 2.84. The molecule has 0 bridgehead atoms. The van der Waals surface area contributed by atoms with Crippen LogP contribution in [0.4, 0.5) is 22.7 Å². The molecule has 1 aliphatic rings. The molecule has 166 valence electrons. The topological polar surface area (TPSA) is 131 Å². The first-order chi connectivity index (χ1) is 15.5. The summed E-state index contributed by atoms with van der Waals surface area (Å²) in [5.74, 6) is -2.78. The zero-order chi connectivity index (χ0) is 22.9. The van der Waals surface area contributed by atoms with Crippen LogP contribution in [0.25, 0.3) is 0 Å². The summed E-state index contributed by atoms with van der Waals surface area (Å²) >= 11 is 0. The predicted octanol–water partition coefficient (Wildman–Crippen LogP) is 3.77. The lowest BCUT2D eigenvalue weighted by Gasteiger charge is -2.13. The molecule has 2 atom stereocenters. The van der Waals surface area contributed by atoms with Gasteiger partial charge in [0.1, 0.15) is 6.10 Å². The van der Waals surface area contributed by atoms with Gasteiger partial charge in [-0.25, -0.2) is 4.79 Å². The number of para-hydroxylation sites is 2. The average molecular weight is 436 g/mol. The number of rotatable bonds is 6. The highest BCUT2D eigenvalue weighted by Gasteiger charge is 2.38. The normalized spacial score (nSPS) is 15.9. The second kappa shape index (κ2) is 10.9. The number of hydrogen-bond acceptors (Lipinski definition) is 8. The molecule has 4 rings (SSSR count). The number of anilines is 4. The van der Waals surface area contributed by atoms with Crippen molar-refractivity contribution < 1.29 is 30.0 Å². The molecule has 3 aromatic carbocycles. The summed E-state index contributed by atoms with van der Waals surface area (Å²) in [6.07, 6.45) is -2.78. The molecule has 0 saturated carbocycles. The van der Waals surface area contributed by atoms with Crippen molar-refractivity contribution in [2.45, 2.75) is 12.2 Å². The van der Waals surface area contributed by atoms with Gasteiger partial charge < -0.3 is 35.8 Å². The van der Waals surface area contributed by atoms with Crippen LogP contribution in [-0.2, 0) is 9.53 Å². The molecule has 3 aromatic rings. The van der Waals surface area contributed by atoms with E-state index in [4.69, 9.17) is 20.4 Å². The van der Waals surface area contributed by atoms with Crippen molar-refractivity contribution in [1.29, 1.82) is 0 Å². The third-order valence-corrected chi connectivity index (χ3v) is 4.49. The second-order valence-corrected chi connectivity index (χ2v) is 6.87. The van der Waals surface area contributed by atoms with Gasteiger partial charge in [-0.2, -0.15) is 0 Å². The maximum atomic E-state index is 10.5. The highest BCUT2D eigenvalue weighted by molar-refractivity contribution is 5.89. The zero-order valence-electron chi connectivity index (χ0n) is 17.1. The summed E-state index contributed by atoms with van der Waals surface area (Å²) < 4.78 is 4.32. The number of ether oxygens (including phenoxy) is 1. The standard InChI is InChI=1S/C18H16N2.C6H8O6/c1-3-7-15(8-4-1)19-17-11-13-18(14-12-17)20-16-9-5-2-6-10-16;7-1-2(8)5-3(9)4(10)6(11)12-5/h1-14,19-20H;2,5,7-10H,1H2/t;2?,5-/m.1/s1. The molecule has 1 aliphatic heterocycles. The lowest BCUT2D eigenvalue weighted by molar-refractivity contribution is -0.147. The molecule has 0 spiro atoms. The van der Waals surface area contributed by atoms with Gasteiger partial charge in [0.05, 0.1) is 6.61 Å². The Labute approximate surface area is 185 Å². The van der Waals surface area contributed by atoms with Crippen LogP contribution in [0.5, 0.6) is 0 Å². The van der Waals surface area contributed by atoms with Gasteiger partial charge in [-0.3, -0.25) is 0 Å². The highest BCUT2D eigenvalue weighted by Crippen LogP contribution is 2.22. The summed E-state index contributed by atoms with van der Waals surface area (Å²) in [6, 6.07) is 28.6. The Morgan fingerprint density at radius 1 is 0.750 bits per heavy atom. The molecule has 0 amide bonds. The number of cyclic esters (lactones) is 1. The van der Waals surface area contributed by atoms with Gasteiger partial charge in [0.15, 0.2) is 11.9 Å². The summed E-state index contributed by atoms with van der Waals surface area (Å²) in [5, 5.41) is 41.8. The molecule has 0 fully saturated rings. The Hall–Kier alpha value is -4.01. The number of aliphatic hydroxyl groups is 4. The van der Waals surface area contributed by atoms with Gasteiger partial charge in [0, 0.05) is 22.7 Å². The maximum absolute atomic E-state index is 10.5. The molecule has 0 aromatic heterocycles. The van der Waals surface area contributed by atoms with Crippen molar-refractivity contribution in [2.24, 2.45) is 0 Å². The maximum Gasteiger partial charge on any atom is 0.377 e. The minimum absolute atomic E-state index is 0.671. The van der Waals surface area contributed by atoms with Gasteiger partial charge in [-0.05, 0) is 48.5 Å². The number of carbonyl (C=O) groups excluding carboxylic acids is 1. The van der Waals surface area contributed by atoms with Crippen LogP contribution in [-0.4, -0.2) is 45.2 Å². The van der Waals surface area contributed by atoms with Gasteiger partial charge >= 0.3 is 5.97 Å². The summed E-state index contributed by atoms with van der Waals surface area (Å²) in [5.41, 5.74) is 4.34. The monoisotopic (exact) mass is 436 g/mol. The first-order valence-corrected chi connectivity index (χ1v) is 9.84. The minimum Gasteiger partial charge on any atom is -0.505 e. The molecular formula is C24H24N2O6. The van der Waals surface area contributed by atoms with Gasteiger partial charge in [-0.15, -0.1) is 0 Å². The van der Waals surface area contributed by atoms with E-state index in [-0.39, 0.29) is 0 Å². The molecular weight excluding hydrogens is 412 g/mol. The van der Waals surface area contributed by atoms with Gasteiger partial charge in [0.25, 0.3) is 0 Å².